The van der Waals surface area contributed by atoms with E-state index in [1.807, 2.05) is 25.1 Å². The van der Waals surface area contributed by atoms with E-state index in [9.17, 15) is 18.0 Å². The predicted octanol–water partition coefficient (Wildman–Crippen LogP) is 3.49. The van der Waals surface area contributed by atoms with E-state index in [2.05, 4.69) is 5.32 Å². The fourth-order valence-electron chi connectivity index (χ4n) is 5.16. The summed E-state index contributed by atoms with van der Waals surface area (Å²) in [5, 5.41) is 3.11. The standard InChI is InChI=1S/C29H39N3O7S/c1-4-25(29(34)30-22-10-6-7-11-22)31(19-21-9-8-12-24(17-21)37-3)28(33)20-32(40(35,36)5-2)23-13-14-26-27(18-23)39-16-15-38-26/h8-9,12-14,17-18,22,25H,4-7,10-11,15-16,19-20H2,1-3H3,(H,30,34)/t25-/m0/s1. The highest BCUT2D eigenvalue weighted by Crippen LogP contribution is 2.35. The van der Waals surface area contributed by atoms with Gasteiger partial charge in [0.1, 0.15) is 31.5 Å². The Morgan fingerprint density at radius 1 is 1.05 bits per heavy atom. The van der Waals surface area contributed by atoms with Gasteiger partial charge in [-0.1, -0.05) is 31.9 Å². The first-order valence-electron chi connectivity index (χ1n) is 13.9. The SMILES string of the molecule is CC[C@@H](C(=O)NC1CCCC1)N(Cc1cccc(OC)c1)C(=O)CN(c1ccc2c(c1)OCCO2)S(=O)(=O)CC. The molecule has 10 nitrogen and oxygen atoms in total. The number of carbonyl (C=O) groups excluding carboxylic acids is 2. The largest absolute Gasteiger partial charge is 0.497 e. The van der Waals surface area contributed by atoms with Gasteiger partial charge < -0.3 is 24.4 Å². The van der Waals surface area contributed by atoms with Crippen molar-refractivity contribution in [2.75, 3.05) is 36.9 Å². The third kappa shape index (κ3) is 6.99. The lowest BCUT2D eigenvalue weighted by atomic mass is 10.1. The molecule has 1 N–H and O–H groups in total. The first-order valence-corrected chi connectivity index (χ1v) is 15.5. The molecule has 0 spiro atoms. The van der Waals surface area contributed by atoms with Crippen LogP contribution in [-0.2, 0) is 26.2 Å². The molecule has 2 aliphatic rings. The number of fused-ring (bicyclic) bond motifs is 1. The van der Waals surface area contributed by atoms with E-state index >= 15 is 0 Å². The summed E-state index contributed by atoms with van der Waals surface area (Å²) in [6, 6.07) is 11.4. The van der Waals surface area contributed by atoms with E-state index in [-0.39, 0.29) is 24.2 Å². The fraction of sp³-hybridized carbons (Fsp3) is 0.517. The number of benzene rings is 2. The molecule has 2 amide bonds. The Hall–Kier alpha value is -3.47. The molecule has 11 heteroatoms. The van der Waals surface area contributed by atoms with Crippen molar-refractivity contribution in [3.8, 4) is 17.2 Å². The third-order valence-electron chi connectivity index (χ3n) is 7.37. The Bertz CT molecular complexity index is 1290. The van der Waals surface area contributed by atoms with Gasteiger partial charge in [0.25, 0.3) is 0 Å². The molecule has 0 aromatic heterocycles. The number of carbonyl (C=O) groups is 2. The second-order valence-electron chi connectivity index (χ2n) is 10.0. The first kappa shape index (κ1) is 29.5. The summed E-state index contributed by atoms with van der Waals surface area (Å²) in [5.41, 5.74) is 1.06. The maximum atomic E-state index is 14.0. The summed E-state index contributed by atoms with van der Waals surface area (Å²) < 4.78 is 44.2. The number of hydrogen-bond acceptors (Lipinski definition) is 7. The van der Waals surface area contributed by atoms with Crippen molar-refractivity contribution in [3.63, 3.8) is 0 Å². The molecule has 2 aromatic rings. The molecule has 1 atom stereocenters. The average molecular weight is 574 g/mol. The Morgan fingerprint density at radius 2 is 1.77 bits per heavy atom. The van der Waals surface area contributed by atoms with E-state index in [4.69, 9.17) is 14.2 Å². The van der Waals surface area contributed by atoms with Gasteiger partial charge in [0, 0.05) is 18.7 Å². The highest BCUT2D eigenvalue weighted by atomic mass is 32.2. The molecule has 0 radical (unpaired) electrons. The van der Waals surface area contributed by atoms with Crippen LogP contribution in [0.3, 0.4) is 0 Å². The van der Waals surface area contributed by atoms with Crippen molar-refractivity contribution in [3.05, 3.63) is 48.0 Å². The van der Waals surface area contributed by atoms with Crippen LogP contribution in [0.4, 0.5) is 5.69 Å². The Morgan fingerprint density at radius 3 is 2.45 bits per heavy atom. The van der Waals surface area contributed by atoms with Crippen LogP contribution in [0.15, 0.2) is 42.5 Å². The minimum atomic E-state index is -3.85. The molecule has 1 aliphatic carbocycles. The van der Waals surface area contributed by atoms with Crippen molar-refractivity contribution < 1.29 is 32.2 Å². The number of hydrogen-bond donors (Lipinski definition) is 1. The molecule has 4 rings (SSSR count). The molecular weight excluding hydrogens is 534 g/mol. The van der Waals surface area contributed by atoms with E-state index in [0.717, 1.165) is 35.6 Å². The average Bonchev–Trinajstić information content (AvgIpc) is 3.48. The number of ether oxygens (including phenoxy) is 3. The minimum Gasteiger partial charge on any atom is -0.497 e. The quantitative estimate of drug-likeness (QED) is 0.413. The zero-order valence-corrected chi connectivity index (χ0v) is 24.2. The highest BCUT2D eigenvalue weighted by molar-refractivity contribution is 7.92. The molecule has 218 valence electrons. The van der Waals surface area contributed by atoms with Crippen LogP contribution >= 0.6 is 0 Å². The van der Waals surface area contributed by atoms with Crippen molar-refractivity contribution in [2.24, 2.45) is 0 Å². The molecule has 40 heavy (non-hydrogen) atoms. The van der Waals surface area contributed by atoms with E-state index < -0.39 is 28.5 Å². The third-order valence-corrected chi connectivity index (χ3v) is 9.11. The molecule has 1 saturated carbocycles. The summed E-state index contributed by atoms with van der Waals surface area (Å²) >= 11 is 0. The second kappa shape index (κ2) is 13.3. The zero-order chi connectivity index (χ0) is 28.7. The number of nitrogens with one attached hydrogen (secondary N) is 1. The highest BCUT2D eigenvalue weighted by Gasteiger charge is 2.34. The number of sulfonamides is 1. The van der Waals surface area contributed by atoms with Crippen LogP contribution in [0.2, 0.25) is 0 Å². The van der Waals surface area contributed by atoms with Crippen LogP contribution in [0, 0.1) is 0 Å². The maximum Gasteiger partial charge on any atom is 0.244 e. The van der Waals surface area contributed by atoms with Crippen LogP contribution in [-0.4, -0.2) is 69.8 Å². The van der Waals surface area contributed by atoms with Crippen LogP contribution < -0.4 is 23.8 Å². The van der Waals surface area contributed by atoms with Crippen LogP contribution in [0.25, 0.3) is 0 Å². The summed E-state index contributed by atoms with van der Waals surface area (Å²) in [6.45, 7) is 3.79. The van der Waals surface area contributed by atoms with Crippen molar-refractivity contribution in [2.45, 2.75) is 64.6 Å². The molecule has 0 saturated heterocycles. The summed E-state index contributed by atoms with van der Waals surface area (Å²) in [4.78, 5) is 29.0. The van der Waals surface area contributed by atoms with E-state index in [1.54, 1.807) is 31.4 Å². The topological polar surface area (TPSA) is 114 Å². The van der Waals surface area contributed by atoms with Gasteiger partial charge in [0.05, 0.1) is 18.6 Å². The zero-order valence-electron chi connectivity index (χ0n) is 23.4. The van der Waals surface area contributed by atoms with Crippen LogP contribution in [0.5, 0.6) is 17.2 Å². The lowest BCUT2D eigenvalue weighted by Crippen LogP contribution is -2.53. The molecule has 0 bridgehead atoms. The van der Waals surface area contributed by atoms with Crippen molar-refractivity contribution >= 4 is 27.5 Å². The number of anilines is 1. The van der Waals surface area contributed by atoms with Crippen molar-refractivity contribution in [1.29, 1.82) is 0 Å². The van der Waals surface area contributed by atoms with Crippen molar-refractivity contribution in [1.82, 2.24) is 10.2 Å². The van der Waals surface area contributed by atoms with E-state index in [0.29, 0.717) is 42.6 Å². The lowest BCUT2D eigenvalue weighted by molar-refractivity contribution is -0.140. The molecule has 1 fully saturated rings. The molecular formula is C29H39N3O7S. The van der Waals surface area contributed by atoms with Gasteiger partial charge in [-0.25, -0.2) is 8.42 Å². The number of rotatable bonds is 12. The smallest absolute Gasteiger partial charge is 0.244 e. The van der Waals surface area contributed by atoms with Gasteiger partial charge in [-0.2, -0.15) is 0 Å². The first-order chi connectivity index (χ1) is 19.2. The maximum absolute atomic E-state index is 14.0. The Kier molecular flexibility index (Phi) is 9.78. The molecule has 1 aliphatic heterocycles. The van der Waals surface area contributed by atoms with Crippen LogP contribution in [0.1, 0.15) is 51.5 Å². The van der Waals surface area contributed by atoms with Gasteiger partial charge in [-0.15, -0.1) is 0 Å². The summed E-state index contributed by atoms with van der Waals surface area (Å²) in [7, 11) is -2.29. The lowest BCUT2D eigenvalue weighted by Gasteiger charge is -2.34. The summed E-state index contributed by atoms with van der Waals surface area (Å²) in [5.74, 6) is 0.648. The van der Waals surface area contributed by atoms with Gasteiger partial charge in [0.15, 0.2) is 11.5 Å². The second-order valence-corrected chi connectivity index (χ2v) is 12.2. The summed E-state index contributed by atoms with van der Waals surface area (Å²) in [6.07, 6.45) is 4.33. The molecule has 2 aromatic carbocycles. The Labute approximate surface area is 236 Å². The number of nitrogens with zero attached hydrogens (tertiary/aromatic N) is 2. The molecule has 1 heterocycles. The van der Waals surface area contributed by atoms with Gasteiger partial charge in [-0.05, 0) is 56.0 Å². The number of amides is 2. The predicted molar refractivity (Wildman–Crippen MR) is 152 cm³/mol. The number of methoxy groups -OCH3 is 1. The fourth-order valence-corrected chi connectivity index (χ4v) is 6.22. The van der Waals surface area contributed by atoms with Gasteiger partial charge >= 0.3 is 0 Å². The minimum absolute atomic E-state index is 0.0880. The molecule has 0 unspecified atom stereocenters. The normalized spacial score (nSPS) is 15.8. The van der Waals surface area contributed by atoms with Gasteiger partial charge in [-0.3, -0.25) is 13.9 Å². The van der Waals surface area contributed by atoms with E-state index in [1.165, 1.54) is 11.8 Å². The van der Waals surface area contributed by atoms with Gasteiger partial charge in [0.2, 0.25) is 21.8 Å². The monoisotopic (exact) mass is 573 g/mol. The Balaban J connectivity index is 1.66.